The van der Waals surface area contributed by atoms with Crippen LogP contribution in [0.15, 0.2) is 9.52 Å². The zero-order valence-corrected chi connectivity index (χ0v) is 15.3. The molecule has 6 heteroatoms. The van der Waals surface area contributed by atoms with E-state index >= 15 is 0 Å². The van der Waals surface area contributed by atoms with Crippen LogP contribution in [0, 0.1) is 19.3 Å². The molecule has 2 unspecified atom stereocenters. The Bertz CT molecular complexity index is 570. The van der Waals surface area contributed by atoms with E-state index in [0.29, 0.717) is 24.1 Å². The summed E-state index contributed by atoms with van der Waals surface area (Å²) >= 11 is 0. The van der Waals surface area contributed by atoms with Gasteiger partial charge in [-0.15, -0.1) is 0 Å². The maximum Gasteiger partial charge on any atom is 0.191 e. The Hall–Kier alpha value is -1.56. The van der Waals surface area contributed by atoms with E-state index in [-0.39, 0.29) is 0 Å². The van der Waals surface area contributed by atoms with Crippen LogP contribution in [-0.4, -0.2) is 36.9 Å². The number of aromatic nitrogens is 1. The van der Waals surface area contributed by atoms with Gasteiger partial charge < -0.3 is 19.9 Å². The molecule has 1 heterocycles. The molecule has 0 saturated heterocycles. The van der Waals surface area contributed by atoms with Gasteiger partial charge in [0.2, 0.25) is 0 Å². The SMILES string of the molecule is CCOC1CC(NC(=NC)NCc2c(C)noc2C)C12CCCC2. The van der Waals surface area contributed by atoms with Gasteiger partial charge in [-0.1, -0.05) is 18.0 Å². The summed E-state index contributed by atoms with van der Waals surface area (Å²) in [7, 11) is 1.82. The van der Waals surface area contributed by atoms with Gasteiger partial charge in [-0.2, -0.15) is 0 Å². The van der Waals surface area contributed by atoms with Crippen molar-refractivity contribution in [3.8, 4) is 0 Å². The first-order valence-corrected chi connectivity index (χ1v) is 9.11. The number of nitrogens with one attached hydrogen (secondary N) is 2. The molecule has 2 atom stereocenters. The zero-order valence-electron chi connectivity index (χ0n) is 15.3. The molecule has 0 aromatic carbocycles. The number of aliphatic imine (C=N–C) groups is 1. The molecule has 2 N–H and O–H groups in total. The van der Waals surface area contributed by atoms with Gasteiger partial charge in [-0.05, 0) is 40.0 Å². The molecule has 1 aromatic rings. The van der Waals surface area contributed by atoms with Gasteiger partial charge in [0.15, 0.2) is 5.96 Å². The monoisotopic (exact) mass is 334 g/mol. The minimum absolute atomic E-state index is 0.302. The number of hydrogen-bond donors (Lipinski definition) is 2. The molecule has 2 fully saturated rings. The summed E-state index contributed by atoms with van der Waals surface area (Å²) in [6, 6.07) is 0.451. The molecule has 6 nitrogen and oxygen atoms in total. The second kappa shape index (κ2) is 7.13. The topological polar surface area (TPSA) is 71.7 Å². The van der Waals surface area contributed by atoms with E-state index in [9.17, 15) is 0 Å². The quantitative estimate of drug-likeness (QED) is 0.640. The standard InChI is InChI=1S/C18H30N4O2/c1-5-23-16-10-15(18(16)8-6-7-9-18)21-17(19-4)20-11-14-12(2)22-24-13(14)3/h15-16H,5-11H2,1-4H3,(H2,19,20,21). The van der Waals surface area contributed by atoms with Crippen LogP contribution in [0.2, 0.25) is 0 Å². The van der Waals surface area contributed by atoms with Gasteiger partial charge in [0, 0.05) is 37.2 Å². The fraction of sp³-hybridized carbons (Fsp3) is 0.778. The largest absolute Gasteiger partial charge is 0.378 e. The first kappa shape index (κ1) is 17.3. The molecule has 2 aliphatic rings. The lowest BCUT2D eigenvalue weighted by molar-refractivity contribution is -0.125. The summed E-state index contributed by atoms with van der Waals surface area (Å²) in [5.74, 6) is 1.71. The van der Waals surface area contributed by atoms with Gasteiger partial charge in [-0.25, -0.2) is 0 Å². The van der Waals surface area contributed by atoms with E-state index in [1.807, 2.05) is 20.9 Å². The van der Waals surface area contributed by atoms with Gasteiger partial charge in [0.25, 0.3) is 0 Å². The van der Waals surface area contributed by atoms with E-state index in [1.54, 1.807) is 0 Å². The Morgan fingerprint density at radius 3 is 2.71 bits per heavy atom. The minimum atomic E-state index is 0.302. The third kappa shape index (κ3) is 3.04. The Kier molecular flexibility index (Phi) is 5.13. The lowest BCUT2D eigenvalue weighted by atomic mass is 9.60. The molecule has 1 spiro atoms. The van der Waals surface area contributed by atoms with Crippen LogP contribution in [0.1, 0.15) is 56.0 Å². The summed E-state index contributed by atoms with van der Waals surface area (Å²) in [5, 5.41) is 11.0. The van der Waals surface area contributed by atoms with Crippen molar-refractivity contribution >= 4 is 5.96 Å². The number of rotatable bonds is 5. The van der Waals surface area contributed by atoms with Crippen LogP contribution in [0.25, 0.3) is 0 Å². The van der Waals surface area contributed by atoms with Gasteiger partial charge in [0.05, 0.1) is 11.8 Å². The second-order valence-electron chi connectivity index (χ2n) is 7.05. The zero-order chi connectivity index (χ0) is 17.2. The van der Waals surface area contributed by atoms with Crippen LogP contribution in [0.4, 0.5) is 0 Å². The number of ether oxygens (including phenoxy) is 1. The molecule has 0 bridgehead atoms. The van der Waals surface area contributed by atoms with Crippen molar-refractivity contribution in [2.75, 3.05) is 13.7 Å². The summed E-state index contributed by atoms with van der Waals surface area (Å²) in [6.45, 7) is 7.48. The van der Waals surface area contributed by atoms with E-state index in [1.165, 1.54) is 25.7 Å². The average Bonchev–Trinajstić information content (AvgIpc) is 3.20. The molecule has 134 valence electrons. The van der Waals surface area contributed by atoms with Crippen molar-refractivity contribution in [3.05, 3.63) is 17.0 Å². The van der Waals surface area contributed by atoms with Crippen molar-refractivity contribution in [2.24, 2.45) is 10.4 Å². The first-order valence-electron chi connectivity index (χ1n) is 9.11. The van der Waals surface area contributed by atoms with Crippen molar-refractivity contribution < 1.29 is 9.26 Å². The van der Waals surface area contributed by atoms with Crippen LogP contribution >= 0.6 is 0 Å². The molecule has 0 aliphatic heterocycles. The highest BCUT2D eigenvalue weighted by atomic mass is 16.5. The minimum Gasteiger partial charge on any atom is -0.378 e. The van der Waals surface area contributed by atoms with Gasteiger partial charge in [-0.3, -0.25) is 4.99 Å². The van der Waals surface area contributed by atoms with E-state index in [2.05, 4.69) is 27.7 Å². The van der Waals surface area contributed by atoms with Crippen molar-refractivity contribution in [3.63, 3.8) is 0 Å². The van der Waals surface area contributed by atoms with Crippen LogP contribution in [0.3, 0.4) is 0 Å². The van der Waals surface area contributed by atoms with Crippen LogP contribution in [0.5, 0.6) is 0 Å². The summed E-state index contributed by atoms with van der Waals surface area (Å²) in [5.41, 5.74) is 2.34. The highest BCUT2D eigenvalue weighted by Crippen LogP contribution is 2.54. The van der Waals surface area contributed by atoms with E-state index < -0.39 is 0 Å². The van der Waals surface area contributed by atoms with Crippen LogP contribution < -0.4 is 10.6 Å². The van der Waals surface area contributed by atoms with Crippen molar-refractivity contribution in [1.82, 2.24) is 15.8 Å². The molecule has 3 rings (SSSR count). The summed E-state index contributed by atoms with van der Waals surface area (Å²) < 4.78 is 11.2. The normalized spacial score (nSPS) is 25.8. The average molecular weight is 334 g/mol. The summed E-state index contributed by atoms with van der Waals surface area (Å²) in [4.78, 5) is 4.40. The Morgan fingerprint density at radius 1 is 1.38 bits per heavy atom. The highest BCUT2D eigenvalue weighted by molar-refractivity contribution is 5.80. The highest BCUT2D eigenvalue weighted by Gasteiger charge is 2.56. The van der Waals surface area contributed by atoms with Crippen molar-refractivity contribution in [2.45, 2.75) is 71.6 Å². The predicted octanol–water partition coefficient (Wildman–Crippen LogP) is 2.69. The number of aryl methyl sites for hydroxylation is 2. The molecular weight excluding hydrogens is 304 g/mol. The first-order chi connectivity index (χ1) is 11.6. The number of hydrogen-bond acceptors (Lipinski definition) is 4. The predicted molar refractivity (Wildman–Crippen MR) is 94.0 cm³/mol. The molecule has 1 aromatic heterocycles. The fourth-order valence-electron chi connectivity index (χ4n) is 4.37. The molecule has 24 heavy (non-hydrogen) atoms. The molecule has 0 amide bonds. The third-order valence-electron chi connectivity index (χ3n) is 5.84. The second-order valence-corrected chi connectivity index (χ2v) is 7.05. The third-order valence-corrected chi connectivity index (χ3v) is 5.84. The van der Waals surface area contributed by atoms with E-state index in [0.717, 1.165) is 36.0 Å². The summed E-state index contributed by atoms with van der Waals surface area (Å²) in [6.07, 6.45) is 6.62. The fourth-order valence-corrected chi connectivity index (χ4v) is 4.37. The Labute approximate surface area is 144 Å². The Balaban J connectivity index is 1.60. The van der Waals surface area contributed by atoms with Crippen LogP contribution in [-0.2, 0) is 11.3 Å². The van der Waals surface area contributed by atoms with E-state index in [4.69, 9.17) is 9.26 Å². The van der Waals surface area contributed by atoms with Gasteiger partial charge >= 0.3 is 0 Å². The lowest BCUT2D eigenvalue weighted by Crippen LogP contribution is -2.65. The number of guanidine groups is 1. The molecule has 2 saturated carbocycles. The molecular formula is C18H30N4O2. The smallest absolute Gasteiger partial charge is 0.191 e. The lowest BCUT2D eigenvalue weighted by Gasteiger charge is -2.54. The Morgan fingerprint density at radius 2 is 2.12 bits per heavy atom. The molecule has 2 aliphatic carbocycles. The van der Waals surface area contributed by atoms with Crippen molar-refractivity contribution in [1.29, 1.82) is 0 Å². The maximum absolute atomic E-state index is 5.99. The number of nitrogens with zero attached hydrogens (tertiary/aromatic N) is 2. The maximum atomic E-state index is 5.99. The molecule has 0 radical (unpaired) electrons. The van der Waals surface area contributed by atoms with Gasteiger partial charge in [0.1, 0.15) is 5.76 Å².